The van der Waals surface area contributed by atoms with Crippen LogP contribution in [0.25, 0.3) is 95.0 Å². The number of aromatic nitrogens is 3. The Morgan fingerprint density at radius 1 is 0.254 bits per heavy atom. The van der Waals surface area contributed by atoms with Gasteiger partial charge in [-0.15, -0.1) is 0 Å². The number of benzene rings is 7. The fourth-order valence-electron chi connectivity index (χ4n) is 9.20. The predicted octanol–water partition coefficient (Wildman–Crippen LogP) is 16.5. The first kappa shape index (κ1) is 40.9. The Bertz CT molecular complexity index is 3430. The number of nitrogens with zero attached hydrogens (tertiary/aromatic N) is 3. The molecular weight excluding hydrogens is 811 g/mol. The molecule has 7 aromatic carbocycles. The Kier molecular flexibility index (Phi) is 11.5. The maximum Gasteiger partial charge on any atom is 0.0708 e. The van der Waals surface area contributed by atoms with Crippen LogP contribution in [0.4, 0.5) is 0 Å². The summed E-state index contributed by atoms with van der Waals surface area (Å²) in [4.78, 5) is 15.0. The maximum atomic E-state index is 5.11. The van der Waals surface area contributed by atoms with Gasteiger partial charge in [0.2, 0.25) is 0 Å². The second kappa shape index (κ2) is 18.7. The van der Waals surface area contributed by atoms with Crippen molar-refractivity contribution in [1.82, 2.24) is 15.0 Å². The highest BCUT2D eigenvalue weighted by Crippen LogP contribution is 2.43. The standard InChI is InChI=1S/C64H45N3/c1-5-19-45(20-6-1)60-41-64(48-25-11-4-12-26-48)67-44-61(60)59-32-18-17-28-55(59)50-34-33-49(54-27-13-14-29-56(54)51-35-37-62(65-42-51)46-21-7-2-8-22-46)39-53(40-50)58-31-16-15-30-57(58)52-36-38-63(66-43-52)47-23-9-3-10-24-47/h1-33,35-44H,34H2. The van der Waals surface area contributed by atoms with Gasteiger partial charge in [-0.25, -0.2) is 0 Å². The van der Waals surface area contributed by atoms with E-state index >= 15 is 0 Å². The largest absolute Gasteiger partial charge is 0.256 e. The minimum atomic E-state index is 0.706. The molecule has 10 aromatic rings. The monoisotopic (exact) mass is 855 g/mol. The molecule has 0 spiro atoms. The van der Waals surface area contributed by atoms with Crippen molar-refractivity contribution >= 4 is 16.7 Å². The van der Waals surface area contributed by atoms with Crippen molar-refractivity contribution in [3.05, 3.63) is 278 Å². The molecule has 0 N–H and O–H groups in total. The van der Waals surface area contributed by atoms with Crippen molar-refractivity contribution < 1.29 is 0 Å². The minimum absolute atomic E-state index is 0.706. The normalized spacial score (nSPS) is 12.4. The third kappa shape index (κ3) is 8.62. The van der Waals surface area contributed by atoms with Crippen LogP contribution in [0.1, 0.15) is 23.1 Å². The highest BCUT2D eigenvalue weighted by Gasteiger charge is 2.20. The van der Waals surface area contributed by atoms with E-state index in [-0.39, 0.29) is 0 Å². The summed E-state index contributed by atoms with van der Waals surface area (Å²) in [5.41, 5.74) is 21.9. The highest BCUT2D eigenvalue weighted by molar-refractivity contribution is 6.01. The van der Waals surface area contributed by atoms with Gasteiger partial charge >= 0.3 is 0 Å². The number of pyridine rings is 3. The van der Waals surface area contributed by atoms with Gasteiger partial charge in [0.1, 0.15) is 0 Å². The first-order chi connectivity index (χ1) is 33.2. The lowest BCUT2D eigenvalue weighted by Crippen LogP contribution is -1.95. The van der Waals surface area contributed by atoms with Crippen LogP contribution < -0.4 is 0 Å². The average molecular weight is 856 g/mol. The molecule has 0 atom stereocenters. The zero-order chi connectivity index (χ0) is 44.8. The van der Waals surface area contributed by atoms with Gasteiger partial charge in [-0.2, -0.15) is 0 Å². The van der Waals surface area contributed by atoms with E-state index in [9.17, 15) is 0 Å². The van der Waals surface area contributed by atoms with Crippen LogP contribution in [0, 0.1) is 0 Å². The summed E-state index contributed by atoms with van der Waals surface area (Å²) in [5.74, 6) is 0. The molecule has 0 bridgehead atoms. The smallest absolute Gasteiger partial charge is 0.0708 e. The molecular formula is C64H45N3. The fraction of sp³-hybridized carbons (Fsp3) is 0.0156. The number of hydrogen-bond donors (Lipinski definition) is 0. The van der Waals surface area contributed by atoms with E-state index < -0.39 is 0 Å². The second-order valence-corrected chi connectivity index (χ2v) is 16.7. The summed E-state index contributed by atoms with van der Waals surface area (Å²) in [5, 5.41) is 0. The highest BCUT2D eigenvalue weighted by atomic mass is 14.7. The summed E-state index contributed by atoms with van der Waals surface area (Å²) in [6.45, 7) is 0. The van der Waals surface area contributed by atoms with E-state index in [1.54, 1.807) is 0 Å². The van der Waals surface area contributed by atoms with Gasteiger partial charge in [-0.3, -0.25) is 15.0 Å². The molecule has 0 fully saturated rings. The summed E-state index contributed by atoms with van der Waals surface area (Å²) < 4.78 is 0. The van der Waals surface area contributed by atoms with Crippen LogP contribution in [-0.4, -0.2) is 15.0 Å². The molecule has 3 aromatic heterocycles. The second-order valence-electron chi connectivity index (χ2n) is 16.7. The third-order valence-corrected chi connectivity index (χ3v) is 12.6. The van der Waals surface area contributed by atoms with Gasteiger partial charge in [0.25, 0.3) is 0 Å². The molecule has 1 aliphatic carbocycles. The lowest BCUT2D eigenvalue weighted by atomic mass is 9.87. The van der Waals surface area contributed by atoms with E-state index in [1.807, 2.05) is 30.6 Å². The van der Waals surface area contributed by atoms with Gasteiger partial charge in [0.15, 0.2) is 0 Å². The molecule has 67 heavy (non-hydrogen) atoms. The van der Waals surface area contributed by atoms with Crippen molar-refractivity contribution in [3.8, 4) is 78.3 Å². The topological polar surface area (TPSA) is 38.7 Å². The lowest BCUT2D eigenvalue weighted by molar-refractivity contribution is 1.32. The Balaban J connectivity index is 1.06. The molecule has 3 heteroatoms. The quantitative estimate of drug-likeness (QED) is 0.138. The van der Waals surface area contributed by atoms with Crippen LogP contribution in [0.5, 0.6) is 0 Å². The Morgan fingerprint density at radius 3 is 1.18 bits per heavy atom. The summed E-state index contributed by atoms with van der Waals surface area (Å²) in [6.07, 6.45) is 14.0. The number of allylic oxidation sites excluding steroid dienone is 6. The van der Waals surface area contributed by atoms with E-state index in [0.29, 0.717) is 6.42 Å². The minimum Gasteiger partial charge on any atom is -0.256 e. The number of hydrogen-bond acceptors (Lipinski definition) is 3. The molecule has 1 aliphatic rings. The molecule has 0 aliphatic heterocycles. The summed E-state index contributed by atoms with van der Waals surface area (Å²) >= 11 is 0. The molecule has 0 radical (unpaired) electrons. The van der Waals surface area contributed by atoms with Crippen LogP contribution in [-0.2, 0) is 0 Å². The van der Waals surface area contributed by atoms with Crippen molar-refractivity contribution in [3.63, 3.8) is 0 Å². The Morgan fingerprint density at radius 2 is 0.672 bits per heavy atom. The zero-order valence-corrected chi connectivity index (χ0v) is 36.9. The third-order valence-electron chi connectivity index (χ3n) is 12.6. The van der Waals surface area contributed by atoms with E-state index in [0.717, 1.165) is 106 Å². The fourth-order valence-corrected chi connectivity index (χ4v) is 9.20. The van der Waals surface area contributed by atoms with Gasteiger partial charge in [-0.1, -0.05) is 218 Å². The van der Waals surface area contributed by atoms with Crippen molar-refractivity contribution in [2.24, 2.45) is 0 Å². The molecule has 3 nitrogen and oxygen atoms in total. The predicted molar refractivity (Wildman–Crippen MR) is 279 cm³/mol. The molecule has 11 rings (SSSR count). The van der Waals surface area contributed by atoms with Crippen molar-refractivity contribution in [1.29, 1.82) is 0 Å². The van der Waals surface area contributed by atoms with E-state index in [2.05, 4.69) is 231 Å². The van der Waals surface area contributed by atoms with Gasteiger partial charge in [0.05, 0.1) is 17.1 Å². The summed E-state index contributed by atoms with van der Waals surface area (Å²) in [6, 6.07) is 78.9. The summed E-state index contributed by atoms with van der Waals surface area (Å²) in [7, 11) is 0. The Labute approximate surface area is 392 Å². The van der Waals surface area contributed by atoms with Crippen LogP contribution in [0.3, 0.4) is 0 Å². The maximum absolute atomic E-state index is 5.11. The molecule has 0 unspecified atom stereocenters. The number of rotatable bonds is 10. The molecule has 0 saturated heterocycles. The van der Waals surface area contributed by atoms with Gasteiger partial charge in [-0.05, 0) is 91.9 Å². The SMILES string of the molecule is C1=C(c2ccccc2-c2ccc(-c3ccccc3)nc2)C=C(c2ccccc2-c2ccc(-c3ccccc3)nc2)C=C(c2ccccc2-c2cnc(-c3ccccc3)cc2-c2ccccc2)C1. The van der Waals surface area contributed by atoms with E-state index in [1.165, 1.54) is 5.57 Å². The molecule has 316 valence electrons. The zero-order valence-electron chi connectivity index (χ0n) is 36.9. The van der Waals surface area contributed by atoms with Crippen LogP contribution in [0.2, 0.25) is 0 Å². The average Bonchev–Trinajstić information content (AvgIpc) is 3.65. The van der Waals surface area contributed by atoms with Crippen LogP contribution >= 0.6 is 0 Å². The first-order valence-electron chi connectivity index (χ1n) is 22.8. The molecule has 0 amide bonds. The lowest BCUT2D eigenvalue weighted by Gasteiger charge is -2.17. The van der Waals surface area contributed by atoms with Crippen molar-refractivity contribution in [2.75, 3.05) is 0 Å². The molecule has 3 heterocycles. The van der Waals surface area contributed by atoms with Crippen LogP contribution in [0.15, 0.2) is 261 Å². The Hall–Kier alpha value is -8.79. The first-order valence-corrected chi connectivity index (χ1v) is 22.8. The molecule has 0 saturated carbocycles. The van der Waals surface area contributed by atoms with E-state index in [4.69, 9.17) is 15.0 Å². The van der Waals surface area contributed by atoms with Gasteiger partial charge < -0.3 is 0 Å². The van der Waals surface area contributed by atoms with Gasteiger partial charge in [0, 0.05) is 52.0 Å². The van der Waals surface area contributed by atoms with Crippen molar-refractivity contribution in [2.45, 2.75) is 6.42 Å².